The van der Waals surface area contributed by atoms with Crippen molar-refractivity contribution in [1.29, 1.82) is 0 Å². The molecule has 0 amide bonds. The number of carbonyl (C=O) groups excluding carboxylic acids is 1. The van der Waals surface area contributed by atoms with Gasteiger partial charge >= 0.3 is 5.97 Å². The summed E-state index contributed by atoms with van der Waals surface area (Å²) in [4.78, 5) is 11.7. The molecule has 0 aliphatic heterocycles. The number of esters is 1. The summed E-state index contributed by atoms with van der Waals surface area (Å²) in [5.41, 5.74) is 5.15. The maximum atomic E-state index is 11.7. The molecule has 0 heterocycles. The average Bonchev–Trinajstić information content (AvgIpc) is 2.24. The number of hydrogen-bond donors (Lipinski definition) is 1. The molecule has 4 heteroatoms. The van der Waals surface area contributed by atoms with E-state index in [1.54, 1.807) is 0 Å². The fourth-order valence-electron chi connectivity index (χ4n) is 1.30. The Kier molecular flexibility index (Phi) is 7.88. The van der Waals surface area contributed by atoms with Crippen molar-refractivity contribution in [3.63, 3.8) is 0 Å². The summed E-state index contributed by atoms with van der Waals surface area (Å²) in [6.45, 7) is 6.64. The van der Waals surface area contributed by atoms with Crippen molar-refractivity contribution in [1.82, 2.24) is 0 Å². The van der Waals surface area contributed by atoms with Gasteiger partial charge in [-0.2, -0.15) is 11.8 Å². The number of carbonyl (C=O) groups is 1. The fraction of sp³-hybridized carbons (Fsp3) is 0.909. The Bertz CT molecular complexity index is 187. The Balaban J connectivity index is 4.00. The number of rotatable bonds is 8. The predicted octanol–water partition coefficient (Wildman–Crippen LogP) is 2.05. The van der Waals surface area contributed by atoms with Gasteiger partial charge in [-0.25, -0.2) is 0 Å². The largest absolute Gasteiger partial charge is 0.466 e. The van der Waals surface area contributed by atoms with Crippen molar-refractivity contribution in [2.45, 2.75) is 33.6 Å². The van der Waals surface area contributed by atoms with Crippen LogP contribution in [0.3, 0.4) is 0 Å². The third kappa shape index (κ3) is 5.42. The van der Waals surface area contributed by atoms with E-state index in [0.29, 0.717) is 13.2 Å². The van der Waals surface area contributed by atoms with E-state index in [2.05, 4.69) is 6.92 Å². The summed E-state index contributed by atoms with van der Waals surface area (Å²) in [7, 11) is 0. The van der Waals surface area contributed by atoms with Crippen molar-refractivity contribution in [3.05, 3.63) is 0 Å². The number of thioether (sulfide) groups is 1. The van der Waals surface area contributed by atoms with Crippen molar-refractivity contribution >= 4 is 17.7 Å². The molecule has 0 fully saturated rings. The van der Waals surface area contributed by atoms with E-state index in [4.69, 9.17) is 10.5 Å². The molecule has 0 saturated heterocycles. The van der Waals surface area contributed by atoms with Crippen molar-refractivity contribution < 1.29 is 9.53 Å². The molecule has 0 aliphatic rings. The summed E-state index contributed by atoms with van der Waals surface area (Å²) < 4.78 is 5.03. The standard InChI is InChI=1S/C11H23NO2S/c1-4-14-10(13)11(3,9-12)7-6-8-15-5-2/h4-9,12H2,1-3H3. The Hall–Kier alpha value is -0.220. The van der Waals surface area contributed by atoms with E-state index in [1.165, 1.54) is 0 Å². The average molecular weight is 233 g/mol. The first kappa shape index (κ1) is 14.8. The summed E-state index contributed by atoms with van der Waals surface area (Å²) in [6.07, 6.45) is 1.83. The lowest BCUT2D eigenvalue weighted by atomic mass is 9.86. The van der Waals surface area contributed by atoms with E-state index in [9.17, 15) is 4.79 Å². The number of hydrogen-bond acceptors (Lipinski definition) is 4. The summed E-state index contributed by atoms with van der Waals surface area (Å²) in [5.74, 6) is 2.05. The van der Waals surface area contributed by atoms with Gasteiger partial charge in [0, 0.05) is 6.54 Å². The second-order valence-corrected chi connectivity index (χ2v) is 5.18. The van der Waals surface area contributed by atoms with Gasteiger partial charge in [0.15, 0.2) is 0 Å². The molecule has 0 aliphatic carbocycles. The van der Waals surface area contributed by atoms with Gasteiger partial charge in [0.25, 0.3) is 0 Å². The zero-order valence-corrected chi connectivity index (χ0v) is 10.9. The van der Waals surface area contributed by atoms with Gasteiger partial charge in [-0.05, 0) is 38.2 Å². The topological polar surface area (TPSA) is 52.3 Å². The fourth-order valence-corrected chi connectivity index (χ4v) is 1.94. The van der Waals surface area contributed by atoms with Gasteiger partial charge in [-0.1, -0.05) is 6.92 Å². The third-order valence-electron chi connectivity index (χ3n) is 2.44. The van der Waals surface area contributed by atoms with Crippen LogP contribution in [0.25, 0.3) is 0 Å². The van der Waals surface area contributed by atoms with Crippen LogP contribution in [0, 0.1) is 5.41 Å². The van der Waals surface area contributed by atoms with Gasteiger partial charge < -0.3 is 10.5 Å². The molecule has 1 unspecified atom stereocenters. The van der Waals surface area contributed by atoms with Gasteiger partial charge in [0.2, 0.25) is 0 Å². The first-order valence-electron chi connectivity index (χ1n) is 5.55. The highest BCUT2D eigenvalue weighted by molar-refractivity contribution is 7.99. The van der Waals surface area contributed by atoms with Crippen molar-refractivity contribution in [2.75, 3.05) is 24.7 Å². The molecular formula is C11H23NO2S. The minimum absolute atomic E-state index is 0.158. The Labute approximate surface area is 97.1 Å². The lowest BCUT2D eigenvalue weighted by Gasteiger charge is -2.25. The minimum Gasteiger partial charge on any atom is -0.466 e. The molecule has 15 heavy (non-hydrogen) atoms. The second kappa shape index (κ2) is 7.99. The van der Waals surface area contributed by atoms with Gasteiger partial charge in [0.05, 0.1) is 12.0 Å². The van der Waals surface area contributed by atoms with E-state index >= 15 is 0 Å². The Morgan fingerprint density at radius 3 is 2.60 bits per heavy atom. The van der Waals surface area contributed by atoms with Crippen LogP contribution < -0.4 is 5.73 Å². The first-order valence-corrected chi connectivity index (χ1v) is 6.71. The molecule has 0 radical (unpaired) electrons. The molecule has 0 spiro atoms. The summed E-state index contributed by atoms with van der Waals surface area (Å²) in [6, 6.07) is 0. The van der Waals surface area contributed by atoms with E-state index in [-0.39, 0.29) is 5.97 Å². The lowest BCUT2D eigenvalue weighted by Crippen LogP contribution is -2.37. The van der Waals surface area contributed by atoms with Crippen LogP contribution in [0.1, 0.15) is 33.6 Å². The predicted molar refractivity (Wildman–Crippen MR) is 66.0 cm³/mol. The first-order chi connectivity index (χ1) is 7.10. The third-order valence-corrected chi connectivity index (χ3v) is 3.43. The van der Waals surface area contributed by atoms with Crippen molar-refractivity contribution in [2.24, 2.45) is 11.1 Å². The molecule has 0 saturated carbocycles. The smallest absolute Gasteiger partial charge is 0.313 e. The van der Waals surface area contributed by atoms with Gasteiger partial charge in [-0.3, -0.25) is 4.79 Å². The molecular weight excluding hydrogens is 210 g/mol. The minimum atomic E-state index is -0.496. The highest BCUT2D eigenvalue weighted by atomic mass is 32.2. The molecule has 2 N–H and O–H groups in total. The van der Waals surface area contributed by atoms with E-state index in [1.807, 2.05) is 25.6 Å². The van der Waals surface area contributed by atoms with Crippen LogP contribution in [0.2, 0.25) is 0 Å². The van der Waals surface area contributed by atoms with E-state index in [0.717, 1.165) is 24.3 Å². The van der Waals surface area contributed by atoms with Crippen LogP contribution in [-0.2, 0) is 9.53 Å². The van der Waals surface area contributed by atoms with Crippen LogP contribution in [0.5, 0.6) is 0 Å². The monoisotopic (exact) mass is 233 g/mol. The zero-order chi connectivity index (χ0) is 11.7. The zero-order valence-electron chi connectivity index (χ0n) is 10.0. The molecule has 0 aromatic heterocycles. The summed E-state index contributed by atoms with van der Waals surface area (Å²) >= 11 is 1.89. The van der Waals surface area contributed by atoms with Crippen LogP contribution in [0.15, 0.2) is 0 Å². The highest BCUT2D eigenvalue weighted by Gasteiger charge is 2.32. The van der Waals surface area contributed by atoms with Gasteiger partial charge in [0.1, 0.15) is 0 Å². The molecule has 0 aromatic rings. The van der Waals surface area contributed by atoms with Crippen molar-refractivity contribution in [3.8, 4) is 0 Å². The lowest BCUT2D eigenvalue weighted by molar-refractivity contribution is -0.154. The molecule has 0 rings (SSSR count). The summed E-state index contributed by atoms with van der Waals surface area (Å²) in [5, 5.41) is 0. The van der Waals surface area contributed by atoms with E-state index < -0.39 is 5.41 Å². The van der Waals surface area contributed by atoms with Crippen LogP contribution in [-0.4, -0.2) is 30.6 Å². The van der Waals surface area contributed by atoms with Gasteiger partial charge in [-0.15, -0.1) is 0 Å². The number of ether oxygens (including phenoxy) is 1. The maximum absolute atomic E-state index is 11.7. The Morgan fingerprint density at radius 2 is 2.13 bits per heavy atom. The molecule has 0 aromatic carbocycles. The quantitative estimate of drug-likeness (QED) is 0.515. The second-order valence-electron chi connectivity index (χ2n) is 3.79. The molecule has 1 atom stereocenters. The normalized spacial score (nSPS) is 14.7. The maximum Gasteiger partial charge on any atom is 0.313 e. The molecule has 90 valence electrons. The van der Waals surface area contributed by atoms with Crippen LogP contribution in [0.4, 0.5) is 0 Å². The number of nitrogens with two attached hydrogens (primary N) is 1. The highest BCUT2D eigenvalue weighted by Crippen LogP contribution is 2.24. The molecule has 0 bridgehead atoms. The Morgan fingerprint density at radius 1 is 1.47 bits per heavy atom. The molecule has 3 nitrogen and oxygen atoms in total. The SMILES string of the molecule is CCOC(=O)C(C)(CN)CCCSCC. The van der Waals surface area contributed by atoms with Crippen LogP contribution >= 0.6 is 11.8 Å².